The number of hydrogen-bond acceptors (Lipinski definition) is 4. The fourth-order valence-electron chi connectivity index (χ4n) is 4.37. The maximum Gasteiger partial charge on any atom is 0.243 e. The van der Waals surface area contributed by atoms with Gasteiger partial charge in [0.2, 0.25) is 10.0 Å². The lowest BCUT2D eigenvalue weighted by Crippen LogP contribution is -2.40. The van der Waals surface area contributed by atoms with Crippen LogP contribution in [0, 0.1) is 0 Å². The molecular formula is C23H27NO4S2. The van der Waals surface area contributed by atoms with Crippen LogP contribution < -0.4 is 0 Å². The van der Waals surface area contributed by atoms with Crippen molar-refractivity contribution in [2.45, 2.75) is 55.5 Å². The first kappa shape index (κ1) is 21.3. The molecule has 1 aliphatic carbocycles. The lowest BCUT2D eigenvalue weighted by molar-refractivity contribution is 0.375. The van der Waals surface area contributed by atoms with E-state index in [1.807, 2.05) is 42.5 Å². The maximum absolute atomic E-state index is 13.5. The summed E-state index contributed by atoms with van der Waals surface area (Å²) >= 11 is 0. The minimum Gasteiger partial charge on any atom is -0.224 e. The molecule has 0 amide bonds. The Morgan fingerprint density at radius 3 is 2.17 bits per heavy atom. The van der Waals surface area contributed by atoms with Crippen molar-refractivity contribution in [1.82, 2.24) is 4.31 Å². The van der Waals surface area contributed by atoms with Crippen molar-refractivity contribution in [3.63, 3.8) is 0 Å². The van der Waals surface area contributed by atoms with Crippen molar-refractivity contribution in [2.75, 3.05) is 5.75 Å². The molecule has 0 spiro atoms. The average Bonchev–Trinajstić information content (AvgIpc) is 3.12. The first-order chi connectivity index (χ1) is 14.4. The molecule has 4 rings (SSSR count). The fourth-order valence-corrected chi connectivity index (χ4v) is 7.33. The Bertz CT molecular complexity index is 1100. The number of nitrogens with zero attached hydrogens (tertiary/aromatic N) is 1. The highest BCUT2D eigenvalue weighted by atomic mass is 32.2. The molecule has 1 fully saturated rings. The Kier molecular flexibility index (Phi) is 6.14. The first-order valence-electron chi connectivity index (χ1n) is 10.4. The van der Waals surface area contributed by atoms with Gasteiger partial charge in [-0.1, -0.05) is 67.8 Å². The van der Waals surface area contributed by atoms with E-state index in [4.69, 9.17) is 0 Å². The van der Waals surface area contributed by atoms with Gasteiger partial charge in [-0.05, 0) is 42.0 Å². The minimum absolute atomic E-state index is 0.123. The summed E-state index contributed by atoms with van der Waals surface area (Å²) in [6.07, 6.45) is 7.49. The van der Waals surface area contributed by atoms with Crippen molar-refractivity contribution in [3.05, 3.63) is 77.2 Å². The lowest BCUT2D eigenvalue weighted by Gasteiger charge is -2.27. The quantitative estimate of drug-likeness (QED) is 0.667. The van der Waals surface area contributed by atoms with E-state index in [2.05, 4.69) is 0 Å². The zero-order chi connectivity index (χ0) is 21.2. The van der Waals surface area contributed by atoms with Crippen LogP contribution in [-0.4, -0.2) is 32.9 Å². The third-order valence-electron chi connectivity index (χ3n) is 6.03. The molecule has 0 bridgehead atoms. The zero-order valence-electron chi connectivity index (χ0n) is 16.9. The lowest BCUT2D eigenvalue weighted by atomic mass is 9.84. The van der Waals surface area contributed by atoms with E-state index >= 15 is 0 Å². The largest absolute Gasteiger partial charge is 0.243 e. The summed E-state index contributed by atoms with van der Waals surface area (Å²) in [5, 5.41) is 1.12. The van der Waals surface area contributed by atoms with Crippen LogP contribution in [0.1, 0.15) is 49.1 Å². The van der Waals surface area contributed by atoms with Crippen LogP contribution in [0.5, 0.6) is 0 Å². The standard InChI is InChI=1S/C23H27NO4S2/c25-29(26)16-15-22(18-29)24(17-19-7-3-1-4-8-19)30(27,28)23-13-11-21(12-14-23)20-9-5-2-6-10-20/h1,3-4,7-8,11-16,20,22H,2,5-6,9-10,17-18H2/t22-/m1/s1. The molecule has 0 radical (unpaired) electrons. The average molecular weight is 446 g/mol. The van der Waals surface area contributed by atoms with Gasteiger partial charge in [0.1, 0.15) is 0 Å². The first-order valence-corrected chi connectivity index (χ1v) is 13.6. The highest BCUT2D eigenvalue weighted by Gasteiger charge is 2.35. The van der Waals surface area contributed by atoms with Crippen LogP contribution in [0.4, 0.5) is 0 Å². The number of rotatable bonds is 6. The number of sulfonamides is 1. The number of sulfone groups is 1. The summed E-state index contributed by atoms with van der Waals surface area (Å²) in [7, 11) is -7.25. The highest BCUT2D eigenvalue weighted by Crippen LogP contribution is 2.33. The van der Waals surface area contributed by atoms with Gasteiger partial charge in [-0.25, -0.2) is 16.8 Å². The van der Waals surface area contributed by atoms with Crippen LogP contribution in [0.15, 0.2) is 71.0 Å². The van der Waals surface area contributed by atoms with Crippen LogP contribution in [0.3, 0.4) is 0 Å². The molecule has 1 saturated carbocycles. The van der Waals surface area contributed by atoms with Gasteiger partial charge in [-0.15, -0.1) is 0 Å². The van der Waals surface area contributed by atoms with Gasteiger partial charge in [0.05, 0.1) is 16.7 Å². The van der Waals surface area contributed by atoms with E-state index in [9.17, 15) is 16.8 Å². The highest BCUT2D eigenvalue weighted by molar-refractivity contribution is 7.94. The normalized spacial score (nSPS) is 21.8. The molecule has 2 aliphatic rings. The van der Waals surface area contributed by atoms with Crippen molar-refractivity contribution in [2.24, 2.45) is 0 Å². The summed E-state index contributed by atoms with van der Waals surface area (Å²) in [5.74, 6) is 0.276. The predicted octanol–water partition coefficient (Wildman–Crippen LogP) is 4.24. The number of hydrogen-bond donors (Lipinski definition) is 0. The molecule has 0 N–H and O–H groups in total. The molecular weight excluding hydrogens is 418 g/mol. The van der Waals surface area contributed by atoms with Crippen molar-refractivity contribution < 1.29 is 16.8 Å². The smallest absolute Gasteiger partial charge is 0.224 e. The van der Waals surface area contributed by atoms with Gasteiger partial charge in [0, 0.05) is 12.0 Å². The Hall–Kier alpha value is -1.96. The Morgan fingerprint density at radius 2 is 1.57 bits per heavy atom. The fraction of sp³-hybridized carbons (Fsp3) is 0.391. The SMILES string of the molecule is O=S1(=O)C=C[C@@H](N(Cc2ccccc2)S(=O)(=O)c2ccc(C3CCCCC3)cc2)C1. The molecule has 1 atom stereocenters. The van der Waals surface area contributed by atoms with Gasteiger partial charge in [-0.2, -0.15) is 4.31 Å². The van der Waals surface area contributed by atoms with Gasteiger partial charge in [0.25, 0.3) is 0 Å². The van der Waals surface area contributed by atoms with E-state index in [0.29, 0.717) is 5.92 Å². The Labute approximate surface area is 179 Å². The molecule has 1 heterocycles. The van der Waals surface area contributed by atoms with Crippen LogP contribution in [0.25, 0.3) is 0 Å². The van der Waals surface area contributed by atoms with Gasteiger partial charge in [0.15, 0.2) is 9.84 Å². The summed E-state index contributed by atoms with van der Waals surface area (Å²) < 4.78 is 52.3. The minimum atomic E-state index is -3.86. The zero-order valence-corrected chi connectivity index (χ0v) is 18.5. The third kappa shape index (κ3) is 4.68. The van der Waals surface area contributed by atoms with Crippen LogP contribution >= 0.6 is 0 Å². The molecule has 0 unspecified atom stereocenters. The predicted molar refractivity (Wildman–Crippen MR) is 118 cm³/mol. The molecule has 30 heavy (non-hydrogen) atoms. The Morgan fingerprint density at radius 1 is 0.900 bits per heavy atom. The van der Waals surface area contributed by atoms with E-state index in [1.54, 1.807) is 12.1 Å². The molecule has 2 aromatic carbocycles. The third-order valence-corrected chi connectivity index (χ3v) is 9.29. The topological polar surface area (TPSA) is 71.5 Å². The molecule has 0 saturated heterocycles. The number of benzene rings is 2. The second kappa shape index (κ2) is 8.65. The molecule has 5 nitrogen and oxygen atoms in total. The maximum atomic E-state index is 13.5. The molecule has 160 valence electrons. The van der Waals surface area contributed by atoms with Gasteiger partial charge >= 0.3 is 0 Å². The molecule has 1 aliphatic heterocycles. The summed E-state index contributed by atoms with van der Waals surface area (Å²) in [6.45, 7) is 0.123. The van der Waals surface area contributed by atoms with E-state index in [1.165, 1.54) is 35.2 Å². The van der Waals surface area contributed by atoms with Crippen molar-refractivity contribution in [1.29, 1.82) is 0 Å². The molecule has 2 aromatic rings. The van der Waals surface area contributed by atoms with Crippen molar-refractivity contribution in [3.8, 4) is 0 Å². The molecule has 7 heteroatoms. The Balaban J connectivity index is 1.63. The monoisotopic (exact) mass is 445 g/mol. The van der Waals surface area contributed by atoms with E-state index in [0.717, 1.165) is 23.8 Å². The van der Waals surface area contributed by atoms with Crippen LogP contribution in [-0.2, 0) is 26.4 Å². The summed E-state index contributed by atoms with van der Waals surface area (Å²) in [5.41, 5.74) is 2.00. The van der Waals surface area contributed by atoms with Crippen LogP contribution in [0.2, 0.25) is 0 Å². The van der Waals surface area contributed by atoms with E-state index in [-0.39, 0.29) is 17.2 Å². The molecule has 0 aromatic heterocycles. The summed E-state index contributed by atoms with van der Waals surface area (Å²) in [4.78, 5) is 0.204. The summed E-state index contributed by atoms with van der Waals surface area (Å²) in [6, 6.07) is 15.7. The van der Waals surface area contributed by atoms with Gasteiger partial charge in [-0.3, -0.25) is 0 Å². The van der Waals surface area contributed by atoms with Crippen molar-refractivity contribution >= 4 is 19.9 Å². The van der Waals surface area contributed by atoms with E-state index < -0.39 is 25.9 Å². The second-order valence-corrected chi connectivity index (χ2v) is 12.0. The second-order valence-electron chi connectivity index (χ2n) is 8.17. The van der Waals surface area contributed by atoms with Gasteiger partial charge < -0.3 is 0 Å².